The molecule has 4 heterocycles. The first-order valence-corrected chi connectivity index (χ1v) is 10.7. The molecule has 156 valence electrons. The first-order valence-electron chi connectivity index (χ1n) is 10.3. The Balaban J connectivity index is 1.73. The number of nitrogens with one attached hydrogen (secondary N) is 1. The van der Waals surface area contributed by atoms with Crippen LogP contribution in [0.15, 0.2) is 61.1 Å². The van der Waals surface area contributed by atoms with Gasteiger partial charge in [0, 0.05) is 30.8 Å². The van der Waals surface area contributed by atoms with Crippen LogP contribution in [0.5, 0.6) is 0 Å². The number of aromatic nitrogens is 3. The smallest absolute Gasteiger partial charge is 0.170 e. The number of nitrogens with zero attached hydrogens (tertiary/aromatic N) is 5. The Morgan fingerprint density at radius 2 is 1.97 bits per heavy atom. The average Bonchev–Trinajstić information content (AvgIpc) is 3.34. The van der Waals surface area contributed by atoms with Gasteiger partial charge in [-0.3, -0.25) is 4.98 Å². The van der Waals surface area contributed by atoms with Gasteiger partial charge in [0.1, 0.15) is 5.82 Å². The highest BCUT2D eigenvalue weighted by Crippen LogP contribution is 2.39. The van der Waals surface area contributed by atoms with Crippen molar-refractivity contribution in [1.29, 1.82) is 0 Å². The fourth-order valence-corrected chi connectivity index (χ4v) is 4.30. The minimum absolute atomic E-state index is 0.0165. The molecule has 0 amide bonds. The van der Waals surface area contributed by atoms with Gasteiger partial charge in [0.25, 0.3) is 0 Å². The molecule has 0 radical (unpaired) electrons. The molecule has 30 heavy (non-hydrogen) atoms. The molecular weight excluding hydrogens is 392 g/mol. The lowest BCUT2D eigenvalue weighted by Crippen LogP contribution is -2.33. The molecule has 2 atom stereocenters. The Kier molecular flexibility index (Phi) is 6.11. The van der Waals surface area contributed by atoms with Crippen molar-refractivity contribution in [1.82, 2.24) is 29.7 Å². The number of aryl methyl sites for hydroxylation is 1. The van der Waals surface area contributed by atoms with Crippen molar-refractivity contribution < 1.29 is 0 Å². The molecule has 1 N–H and O–H groups in total. The van der Waals surface area contributed by atoms with Crippen molar-refractivity contribution in [2.75, 3.05) is 27.2 Å². The fourth-order valence-electron chi connectivity index (χ4n) is 3.97. The molecule has 1 aliphatic heterocycles. The van der Waals surface area contributed by atoms with Crippen LogP contribution in [0.2, 0.25) is 0 Å². The summed E-state index contributed by atoms with van der Waals surface area (Å²) in [6, 6.07) is 14.4. The van der Waals surface area contributed by atoms with Crippen molar-refractivity contribution in [3.8, 4) is 5.82 Å². The molecule has 7 heteroatoms. The van der Waals surface area contributed by atoms with Gasteiger partial charge in [-0.25, -0.2) is 4.98 Å². The van der Waals surface area contributed by atoms with E-state index in [0.717, 1.165) is 47.4 Å². The minimum Gasteiger partial charge on any atom is -0.352 e. The van der Waals surface area contributed by atoms with Gasteiger partial charge in [0.2, 0.25) is 0 Å². The Bertz CT molecular complexity index is 982. The first kappa shape index (κ1) is 20.5. The van der Waals surface area contributed by atoms with Crippen LogP contribution in [0.3, 0.4) is 0 Å². The fraction of sp³-hybridized carbons (Fsp3) is 0.348. The highest BCUT2D eigenvalue weighted by Gasteiger charge is 2.41. The molecule has 1 aliphatic rings. The van der Waals surface area contributed by atoms with E-state index in [-0.39, 0.29) is 12.1 Å². The van der Waals surface area contributed by atoms with Crippen LogP contribution < -0.4 is 5.32 Å². The number of thiocarbonyl (C=S) groups is 1. The predicted octanol–water partition coefficient (Wildman–Crippen LogP) is 3.50. The molecule has 0 bridgehead atoms. The number of rotatable bonds is 7. The third-order valence-corrected chi connectivity index (χ3v) is 5.78. The van der Waals surface area contributed by atoms with Crippen LogP contribution >= 0.6 is 12.2 Å². The third kappa shape index (κ3) is 4.22. The van der Waals surface area contributed by atoms with E-state index in [0.29, 0.717) is 0 Å². The SMILES string of the molecule is Cc1ccc(-n2cccc2[C@H]2[C@@H](c3ccccn3)NC(=S)N2CCCN(C)C)nc1. The van der Waals surface area contributed by atoms with Crippen molar-refractivity contribution in [2.45, 2.75) is 25.4 Å². The van der Waals surface area contributed by atoms with Gasteiger partial charge < -0.3 is 19.7 Å². The van der Waals surface area contributed by atoms with Crippen LogP contribution in [-0.2, 0) is 0 Å². The lowest BCUT2D eigenvalue weighted by atomic mass is 10.0. The molecule has 1 fully saturated rings. The van der Waals surface area contributed by atoms with Crippen LogP contribution in [0, 0.1) is 6.92 Å². The molecule has 3 aromatic rings. The Labute approximate surface area is 183 Å². The summed E-state index contributed by atoms with van der Waals surface area (Å²) < 4.78 is 2.16. The van der Waals surface area contributed by atoms with Gasteiger partial charge in [-0.2, -0.15) is 0 Å². The second-order valence-electron chi connectivity index (χ2n) is 7.97. The van der Waals surface area contributed by atoms with Crippen LogP contribution in [-0.4, -0.2) is 56.6 Å². The Hall–Kier alpha value is -2.77. The average molecular weight is 421 g/mol. The zero-order valence-corrected chi connectivity index (χ0v) is 18.5. The van der Waals surface area contributed by atoms with E-state index < -0.39 is 0 Å². The van der Waals surface area contributed by atoms with E-state index >= 15 is 0 Å². The van der Waals surface area contributed by atoms with E-state index in [1.54, 1.807) is 0 Å². The molecule has 1 saturated heterocycles. The summed E-state index contributed by atoms with van der Waals surface area (Å²) in [7, 11) is 4.20. The van der Waals surface area contributed by atoms with E-state index in [1.165, 1.54) is 0 Å². The van der Waals surface area contributed by atoms with E-state index in [4.69, 9.17) is 12.2 Å². The minimum atomic E-state index is -0.0165. The molecule has 0 unspecified atom stereocenters. The highest BCUT2D eigenvalue weighted by atomic mass is 32.1. The summed E-state index contributed by atoms with van der Waals surface area (Å²) in [5, 5.41) is 4.31. The summed E-state index contributed by atoms with van der Waals surface area (Å²) in [5.41, 5.74) is 3.29. The van der Waals surface area contributed by atoms with Gasteiger partial charge in [-0.15, -0.1) is 0 Å². The van der Waals surface area contributed by atoms with Crippen molar-refractivity contribution in [2.24, 2.45) is 0 Å². The quantitative estimate of drug-likeness (QED) is 0.591. The number of hydrogen-bond donors (Lipinski definition) is 1. The van der Waals surface area contributed by atoms with Gasteiger partial charge >= 0.3 is 0 Å². The lowest BCUT2D eigenvalue weighted by Gasteiger charge is -2.29. The van der Waals surface area contributed by atoms with Crippen LogP contribution in [0.4, 0.5) is 0 Å². The molecule has 6 nitrogen and oxygen atoms in total. The van der Waals surface area contributed by atoms with Crippen molar-refractivity contribution >= 4 is 17.3 Å². The predicted molar refractivity (Wildman–Crippen MR) is 124 cm³/mol. The monoisotopic (exact) mass is 420 g/mol. The standard InChI is InChI=1S/C23H28N6S/c1-17-10-11-20(25-16-17)28-14-6-9-19(28)22-21(18-8-4-5-12-24-18)26-23(30)29(22)15-7-13-27(2)3/h4-6,8-12,14,16,21-22H,7,13,15H2,1-3H3,(H,26,30)/t21-,22+/m1/s1. The second kappa shape index (κ2) is 8.93. The number of hydrogen-bond acceptors (Lipinski definition) is 4. The maximum absolute atomic E-state index is 5.77. The summed E-state index contributed by atoms with van der Waals surface area (Å²) in [5.74, 6) is 0.909. The second-order valence-corrected chi connectivity index (χ2v) is 8.36. The summed E-state index contributed by atoms with van der Waals surface area (Å²) >= 11 is 5.77. The highest BCUT2D eigenvalue weighted by molar-refractivity contribution is 7.80. The first-order chi connectivity index (χ1) is 14.5. The molecule has 4 rings (SSSR count). The molecule has 0 aliphatic carbocycles. The molecule has 0 saturated carbocycles. The number of pyridine rings is 2. The summed E-state index contributed by atoms with van der Waals surface area (Å²) in [6.45, 7) is 3.95. The zero-order valence-electron chi connectivity index (χ0n) is 17.7. The van der Waals surface area contributed by atoms with E-state index in [9.17, 15) is 0 Å². The van der Waals surface area contributed by atoms with E-state index in [2.05, 4.69) is 87.2 Å². The van der Waals surface area contributed by atoms with E-state index in [1.807, 2.05) is 24.5 Å². The topological polar surface area (TPSA) is 49.2 Å². The summed E-state index contributed by atoms with van der Waals surface area (Å²) in [4.78, 5) is 13.8. The Morgan fingerprint density at radius 1 is 1.10 bits per heavy atom. The normalized spacial score (nSPS) is 18.8. The lowest BCUT2D eigenvalue weighted by molar-refractivity contribution is 0.286. The van der Waals surface area contributed by atoms with Crippen molar-refractivity contribution in [3.63, 3.8) is 0 Å². The molecule has 0 aromatic carbocycles. The maximum Gasteiger partial charge on any atom is 0.170 e. The van der Waals surface area contributed by atoms with Crippen molar-refractivity contribution in [3.05, 3.63) is 78.0 Å². The Morgan fingerprint density at radius 3 is 2.67 bits per heavy atom. The van der Waals surface area contributed by atoms with Gasteiger partial charge in [-0.05, 0) is 82.1 Å². The molecule has 3 aromatic heterocycles. The maximum atomic E-state index is 5.77. The zero-order chi connectivity index (χ0) is 21.1. The summed E-state index contributed by atoms with van der Waals surface area (Å²) in [6.07, 6.45) is 6.85. The van der Waals surface area contributed by atoms with Gasteiger partial charge in [0.15, 0.2) is 5.11 Å². The van der Waals surface area contributed by atoms with Crippen LogP contribution in [0.1, 0.15) is 35.5 Å². The van der Waals surface area contributed by atoms with Crippen LogP contribution in [0.25, 0.3) is 5.82 Å². The largest absolute Gasteiger partial charge is 0.352 e. The van der Waals surface area contributed by atoms with Gasteiger partial charge in [0.05, 0.1) is 17.8 Å². The van der Waals surface area contributed by atoms with Gasteiger partial charge in [-0.1, -0.05) is 12.1 Å². The molecular formula is C23H28N6S. The molecule has 0 spiro atoms. The third-order valence-electron chi connectivity index (χ3n) is 5.43.